The molecule has 0 saturated heterocycles. The van der Waals surface area contributed by atoms with Gasteiger partial charge in [-0.15, -0.1) is 0 Å². The molecule has 0 aromatic heterocycles. The average molecular weight is 536 g/mol. The molecular weight excluding hydrogens is 502 g/mol. The van der Waals surface area contributed by atoms with E-state index in [9.17, 15) is 10.1 Å². The van der Waals surface area contributed by atoms with Crippen LogP contribution in [-0.4, -0.2) is 37.6 Å². The Balaban J connectivity index is 1.76. The number of ether oxygens (including phenoxy) is 3. The zero-order chi connectivity index (χ0) is 27.4. The smallest absolute Gasteiger partial charge is 0.162 e. The van der Waals surface area contributed by atoms with Crippen LogP contribution >= 0.6 is 11.6 Å². The fourth-order valence-electron chi connectivity index (χ4n) is 5.18. The van der Waals surface area contributed by atoms with Crippen molar-refractivity contribution in [3.63, 3.8) is 0 Å². The number of carbonyl (C=O) groups is 1. The molecule has 2 aromatic rings. The van der Waals surface area contributed by atoms with Crippen LogP contribution in [0.5, 0.6) is 11.5 Å². The van der Waals surface area contributed by atoms with E-state index < -0.39 is 5.92 Å². The summed E-state index contributed by atoms with van der Waals surface area (Å²) in [7, 11) is 1.62. The molecule has 38 heavy (non-hydrogen) atoms. The number of hydrogen-bond donors (Lipinski definition) is 1. The van der Waals surface area contributed by atoms with E-state index in [0.29, 0.717) is 72.7 Å². The molecule has 8 heteroatoms. The topological polar surface area (TPSA) is 97.8 Å². The molecule has 0 spiro atoms. The Bertz CT molecular complexity index is 1310. The summed E-state index contributed by atoms with van der Waals surface area (Å²) in [6, 6.07) is 15.3. The number of rotatable bonds is 9. The molecule has 0 bridgehead atoms. The number of methoxy groups -OCH3 is 1. The Morgan fingerprint density at radius 3 is 2.53 bits per heavy atom. The molecule has 2 aromatic carbocycles. The van der Waals surface area contributed by atoms with Gasteiger partial charge in [-0.05, 0) is 54.2 Å². The Labute approximate surface area is 229 Å². The predicted octanol–water partition coefficient (Wildman–Crippen LogP) is 5.70. The zero-order valence-corrected chi connectivity index (χ0v) is 23.1. The van der Waals surface area contributed by atoms with Crippen molar-refractivity contribution in [1.82, 2.24) is 4.90 Å². The van der Waals surface area contributed by atoms with Gasteiger partial charge in [0, 0.05) is 36.4 Å². The minimum atomic E-state index is -0.582. The minimum Gasteiger partial charge on any atom is -0.490 e. The van der Waals surface area contributed by atoms with Crippen molar-refractivity contribution in [3.8, 4) is 17.6 Å². The quantitative estimate of drug-likeness (QED) is 0.439. The van der Waals surface area contributed by atoms with Crippen LogP contribution in [0.15, 0.2) is 65.1 Å². The maximum absolute atomic E-state index is 13.6. The van der Waals surface area contributed by atoms with Gasteiger partial charge in [-0.3, -0.25) is 4.79 Å². The molecule has 0 radical (unpaired) electrons. The summed E-state index contributed by atoms with van der Waals surface area (Å²) in [5, 5.41) is 10.9. The molecule has 1 heterocycles. The summed E-state index contributed by atoms with van der Waals surface area (Å²) in [6.45, 7) is 7.72. The van der Waals surface area contributed by atoms with E-state index in [1.54, 1.807) is 7.11 Å². The standard InChI is InChI=1S/C30H34ClN3O4/c1-5-37-26-14-20(8-11-25(26)38-18-19-6-9-21(31)10-7-19)27-22(17-32)29(33)34(12-13-36-4)23-15-30(2,3)16-24(35)28(23)27/h6-11,14,27H,5,12-13,15-16,18,33H2,1-4H3/t27-/m1/s1. The van der Waals surface area contributed by atoms with Crippen LogP contribution in [0.4, 0.5) is 0 Å². The van der Waals surface area contributed by atoms with Crippen LogP contribution in [0.3, 0.4) is 0 Å². The fourth-order valence-corrected chi connectivity index (χ4v) is 5.31. The van der Waals surface area contributed by atoms with Crippen molar-refractivity contribution < 1.29 is 19.0 Å². The maximum atomic E-state index is 13.6. The molecule has 2 aliphatic rings. The van der Waals surface area contributed by atoms with Gasteiger partial charge in [0.2, 0.25) is 0 Å². The first-order valence-electron chi connectivity index (χ1n) is 12.8. The third kappa shape index (κ3) is 5.67. The lowest BCUT2D eigenvalue weighted by atomic mass is 9.68. The highest BCUT2D eigenvalue weighted by Crippen LogP contribution is 2.49. The normalized spacial score (nSPS) is 18.8. The number of allylic oxidation sites excluding steroid dienone is 3. The van der Waals surface area contributed by atoms with E-state index in [0.717, 1.165) is 16.8 Å². The van der Waals surface area contributed by atoms with Gasteiger partial charge in [-0.25, -0.2) is 0 Å². The summed E-state index contributed by atoms with van der Waals surface area (Å²) < 4.78 is 17.3. The van der Waals surface area contributed by atoms with Gasteiger partial charge >= 0.3 is 0 Å². The summed E-state index contributed by atoms with van der Waals surface area (Å²) in [5.74, 6) is 0.929. The molecular formula is C30H34ClN3O4. The number of carbonyl (C=O) groups excluding carboxylic acids is 1. The number of ketones is 1. The fraction of sp³-hybridized carbons (Fsp3) is 0.400. The van der Waals surface area contributed by atoms with E-state index >= 15 is 0 Å². The molecule has 0 saturated carbocycles. The highest BCUT2D eigenvalue weighted by Gasteiger charge is 2.44. The first kappa shape index (κ1) is 27.6. The first-order chi connectivity index (χ1) is 18.2. The second kappa shape index (κ2) is 11.5. The molecule has 4 rings (SSSR count). The van der Waals surface area contributed by atoms with Gasteiger partial charge in [0.15, 0.2) is 17.3 Å². The number of Topliss-reactive ketones (excluding diaryl/α,β-unsaturated/α-hetero) is 1. The average Bonchev–Trinajstić information content (AvgIpc) is 2.87. The largest absolute Gasteiger partial charge is 0.490 e. The van der Waals surface area contributed by atoms with Crippen LogP contribution in [0.25, 0.3) is 0 Å². The lowest BCUT2D eigenvalue weighted by Crippen LogP contribution is -2.43. The van der Waals surface area contributed by atoms with Gasteiger partial charge in [0.25, 0.3) is 0 Å². The third-order valence-corrected chi connectivity index (χ3v) is 7.17. The van der Waals surface area contributed by atoms with Crippen LogP contribution in [0.1, 0.15) is 50.7 Å². The molecule has 1 atom stereocenters. The Morgan fingerprint density at radius 2 is 1.87 bits per heavy atom. The minimum absolute atomic E-state index is 0.0324. The Kier molecular flexibility index (Phi) is 8.35. The summed E-state index contributed by atoms with van der Waals surface area (Å²) in [6.07, 6.45) is 1.08. The number of halogens is 1. The summed E-state index contributed by atoms with van der Waals surface area (Å²) in [4.78, 5) is 15.5. The van der Waals surface area contributed by atoms with Gasteiger partial charge < -0.3 is 24.8 Å². The van der Waals surface area contributed by atoms with Crippen LogP contribution < -0.4 is 15.2 Å². The molecule has 1 aliphatic heterocycles. The number of nitrogens with two attached hydrogens (primary N) is 1. The monoisotopic (exact) mass is 535 g/mol. The molecule has 0 unspecified atom stereocenters. The van der Waals surface area contributed by atoms with Crippen molar-refractivity contribution in [2.45, 2.75) is 46.1 Å². The number of nitrogens with zero attached hydrogens (tertiary/aromatic N) is 2. The van der Waals surface area contributed by atoms with Crippen LogP contribution in [0, 0.1) is 16.7 Å². The molecule has 0 amide bonds. The number of nitriles is 1. The summed E-state index contributed by atoms with van der Waals surface area (Å²) in [5.41, 5.74) is 9.97. The van der Waals surface area contributed by atoms with E-state index in [-0.39, 0.29) is 11.2 Å². The van der Waals surface area contributed by atoms with Crippen molar-refractivity contribution in [2.75, 3.05) is 26.9 Å². The zero-order valence-electron chi connectivity index (χ0n) is 22.3. The molecule has 7 nitrogen and oxygen atoms in total. The van der Waals surface area contributed by atoms with Gasteiger partial charge in [0.05, 0.1) is 30.8 Å². The number of hydrogen-bond acceptors (Lipinski definition) is 7. The van der Waals surface area contributed by atoms with E-state index in [1.165, 1.54) is 0 Å². The number of benzene rings is 2. The first-order valence-corrected chi connectivity index (χ1v) is 13.1. The van der Waals surface area contributed by atoms with E-state index in [2.05, 4.69) is 19.9 Å². The highest BCUT2D eigenvalue weighted by atomic mass is 35.5. The summed E-state index contributed by atoms with van der Waals surface area (Å²) >= 11 is 6.00. The van der Waals surface area contributed by atoms with Crippen LogP contribution in [-0.2, 0) is 16.1 Å². The van der Waals surface area contributed by atoms with Crippen molar-refractivity contribution >= 4 is 17.4 Å². The van der Waals surface area contributed by atoms with E-state index in [4.69, 9.17) is 31.5 Å². The predicted molar refractivity (Wildman–Crippen MR) is 147 cm³/mol. The molecule has 1 aliphatic carbocycles. The molecule has 200 valence electrons. The molecule has 2 N–H and O–H groups in total. The Hall–Kier alpha value is -3.47. The van der Waals surface area contributed by atoms with Crippen LogP contribution in [0.2, 0.25) is 5.02 Å². The second-order valence-corrected chi connectivity index (χ2v) is 10.8. The van der Waals surface area contributed by atoms with Crippen molar-refractivity contribution in [3.05, 3.63) is 81.3 Å². The SMILES string of the molecule is CCOc1cc([C@@H]2C(C#N)=C(N)N(CCOC)C3=C2C(=O)CC(C)(C)C3)ccc1OCc1ccc(Cl)cc1. The molecule has 0 fully saturated rings. The lowest BCUT2D eigenvalue weighted by molar-refractivity contribution is -0.118. The maximum Gasteiger partial charge on any atom is 0.162 e. The van der Waals surface area contributed by atoms with Gasteiger partial charge in [-0.2, -0.15) is 5.26 Å². The lowest BCUT2D eigenvalue weighted by Gasteiger charge is -2.43. The Morgan fingerprint density at radius 1 is 1.13 bits per heavy atom. The third-order valence-electron chi connectivity index (χ3n) is 6.91. The second-order valence-electron chi connectivity index (χ2n) is 10.3. The van der Waals surface area contributed by atoms with Gasteiger partial charge in [0.1, 0.15) is 12.4 Å². The van der Waals surface area contributed by atoms with Crippen molar-refractivity contribution in [2.24, 2.45) is 11.1 Å². The van der Waals surface area contributed by atoms with Gasteiger partial charge in [-0.1, -0.05) is 43.6 Å². The van der Waals surface area contributed by atoms with E-state index in [1.807, 2.05) is 54.3 Å². The highest BCUT2D eigenvalue weighted by molar-refractivity contribution is 6.30. The van der Waals surface area contributed by atoms with Crippen molar-refractivity contribution in [1.29, 1.82) is 5.26 Å².